The lowest BCUT2D eigenvalue weighted by molar-refractivity contribution is 0.0803. The summed E-state index contributed by atoms with van der Waals surface area (Å²) in [7, 11) is 0. The molecule has 3 nitrogen and oxygen atoms in total. The van der Waals surface area contributed by atoms with Crippen molar-refractivity contribution in [2.24, 2.45) is 0 Å². The summed E-state index contributed by atoms with van der Waals surface area (Å²) in [4.78, 5) is 12.3. The first-order valence-corrected chi connectivity index (χ1v) is 7.02. The van der Waals surface area contributed by atoms with Crippen molar-refractivity contribution in [1.82, 2.24) is 0 Å². The van der Waals surface area contributed by atoms with Gasteiger partial charge >= 0.3 is 0 Å². The monoisotopic (exact) mass is 343 g/mol. The van der Waals surface area contributed by atoms with Crippen molar-refractivity contribution in [3.63, 3.8) is 0 Å². The maximum absolute atomic E-state index is 13.1. The van der Waals surface area contributed by atoms with E-state index in [-0.39, 0.29) is 22.0 Å². The molecule has 0 fully saturated rings. The summed E-state index contributed by atoms with van der Waals surface area (Å²) in [6.07, 6.45) is -2.65. The molecule has 0 radical (unpaired) electrons. The molecule has 0 atom stereocenters. The molecule has 0 saturated heterocycles. The minimum atomic E-state index is -2.65. The van der Waals surface area contributed by atoms with Crippen molar-refractivity contribution in [2.45, 2.75) is 13.3 Å². The fraction of sp³-hybridized carbons (Fsp3) is 0.188. The van der Waals surface area contributed by atoms with E-state index in [1.807, 2.05) is 0 Å². The lowest BCUT2D eigenvalue weighted by atomic mass is 10.1. The van der Waals surface area contributed by atoms with Gasteiger partial charge in [-0.2, -0.15) is 0 Å². The van der Waals surface area contributed by atoms with Crippen LogP contribution in [0.2, 0.25) is 5.02 Å². The molecule has 23 heavy (non-hydrogen) atoms. The molecule has 7 heteroatoms. The van der Waals surface area contributed by atoms with Crippen molar-refractivity contribution in [3.8, 4) is 5.75 Å². The van der Waals surface area contributed by atoms with E-state index < -0.39 is 24.8 Å². The maximum Gasteiger partial charge on any atom is 0.272 e. The van der Waals surface area contributed by atoms with E-state index in [1.165, 1.54) is 24.3 Å². The second-order valence-corrected chi connectivity index (χ2v) is 5.19. The van der Waals surface area contributed by atoms with Crippen LogP contribution in [0.15, 0.2) is 36.4 Å². The second kappa shape index (κ2) is 7.37. The first kappa shape index (κ1) is 17.1. The van der Waals surface area contributed by atoms with E-state index in [1.54, 1.807) is 13.0 Å². The van der Waals surface area contributed by atoms with Gasteiger partial charge in [0.25, 0.3) is 12.3 Å². The number of alkyl halides is 2. The van der Waals surface area contributed by atoms with Gasteiger partial charge in [0.05, 0.1) is 10.6 Å². The van der Waals surface area contributed by atoms with Crippen LogP contribution in [0.3, 0.4) is 0 Å². The summed E-state index contributed by atoms with van der Waals surface area (Å²) < 4.78 is 42.6. The third kappa shape index (κ3) is 4.63. The number of aryl methyl sites for hydroxylation is 1. The Balaban J connectivity index is 2.23. The van der Waals surface area contributed by atoms with Gasteiger partial charge in [-0.05, 0) is 37.3 Å². The Morgan fingerprint density at radius 3 is 2.65 bits per heavy atom. The first-order chi connectivity index (χ1) is 10.9. The van der Waals surface area contributed by atoms with Gasteiger partial charge in [0.15, 0.2) is 0 Å². The highest BCUT2D eigenvalue weighted by molar-refractivity contribution is 6.31. The molecule has 0 unspecified atom stereocenters. The number of hydrogen-bond acceptors (Lipinski definition) is 2. The number of ether oxygens (including phenoxy) is 1. The third-order valence-corrected chi connectivity index (χ3v) is 3.21. The quantitative estimate of drug-likeness (QED) is 0.855. The van der Waals surface area contributed by atoms with E-state index in [9.17, 15) is 18.0 Å². The zero-order valence-electron chi connectivity index (χ0n) is 12.1. The molecule has 2 aromatic carbocycles. The Morgan fingerprint density at radius 2 is 2.00 bits per heavy atom. The van der Waals surface area contributed by atoms with Crippen LogP contribution in [-0.4, -0.2) is 18.9 Å². The van der Waals surface area contributed by atoms with Crippen LogP contribution >= 0.6 is 11.6 Å². The molecule has 0 aliphatic rings. The zero-order valence-corrected chi connectivity index (χ0v) is 12.8. The summed E-state index contributed by atoms with van der Waals surface area (Å²) in [5.74, 6) is -1.14. The molecule has 0 spiro atoms. The van der Waals surface area contributed by atoms with Gasteiger partial charge in [0.2, 0.25) is 0 Å². The number of rotatable bonds is 5. The first-order valence-electron chi connectivity index (χ1n) is 6.65. The minimum Gasteiger partial charge on any atom is -0.487 e. The predicted molar refractivity (Wildman–Crippen MR) is 82.0 cm³/mol. The number of amides is 1. The highest BCUT2D eigenvalue weighted by atomic mass is 35.5. The average molecular weight is 344 g/mol. The molecule has 0 heterocycles. The standard InChI is InChI=1S/C16H13ClF3NO2/c1-9-2-5-14(23-8-15(19)20)11(6-9)16(22)21-10-3-4-13(18)12(17)7-10/h2-7,15H,8H2,1H3,(H,21,22). The van der Waals surface area contributed by atoms with Crippen LogP contribution in [0.5, 0.6) is 5.75 Å². The number of nitrogens with one attached hydrogen (secondary N) is 1. The van der Waals surface area contributed by atoms with Gasteiger partial charge in [-0.25, -0.2) is 13.2 Å². The Hall–Kier alpha value is -2.21. The minimum absolute atomic E-state index is 0.0432. The van der Waals surface area contributed by atoms with Crippen LogP contribution in [0.1, 0.15) is 15.9 Å². The van der Waals surface area contributed by atoms with Gasteiger partial charge < -0.3 is 10.1 Å². The molecule has 1 amide bonds. The highest BCUT2D eigenvalue weighted by Crippen LogP contribution is 2.24. The van der Waals surface area contributed by atoms with Gasteiger partial charge in [-0.3, -0.25) is 4.79 Å². The molecule has 2 aromatic rings. The molecular weight excluding hydrogens is 331 g/mol. The Labute approximate surface area is 136 Å². The fourth-order valence-corrected chi connectivity index (χ4v) is 2.05. The van der Waals surface area contributed by atoms with Gasteiger partial charge in [0.1, 0.15) is 18.2 Å². The fourth-order valence-electron chi connectivity index (χ4n) is 1.87. The van der Waals surface area contributed by atoms with E-state index in [4.69, 9.17) is 16.3 Å². The number of carbonyl (C=O) groups is 1. The molecule has 1 N–H and O–H groups in total. The molecule has 0 aliphatic heterocycles. The summed E-state index contributed by atoms with van der Waals surface area (Å²) in [5, 5.41) is 2.39. The van der Waals surface area contributed by atoms with Crippen molar-refractivity contribution >= 4 is 23.2 Å². The Kier molecular flexibility index (Phi) is 5.50. The molecular formula is C16H13ClF3NO2. The van der Waals surface area contributed by atoms with Crippen molar-refractivity contribution in [3.05, 3.63) is 58.4 Å². The SMILES string of the molecule is Cc1ccc(OCC(F)F)c(C(=O)Nc2ccc(F)c(Cl)c2)c1. The van der Waals surface area contributed by atoms with Crippen molar-refractivity contribution < 1.29 is 22.7 Å². The number of carbonyl (C=O) groups excluding carboxylic acids is 1. The maximum atomic E-state index is 13.1. The normalized spacial score (nSPS) is 10.7. The van der Waals surface area contributed by atoms with Crippen molar-refractivity contribution in [1.29, 1.82) is 0 Å². The Bertz CT molecular complexity index is 722. The third-order valence-electron chi connectivity index (χ3n) is 2.92. The summed E-state index contributed by atoms with van der Waals surface area (Å²) in [5.41, 5.74) is 1.14. The lowest BCUT2D eigenvalue weighted by Crippen LogP contribution is -2.16. The molecule has 0 bridgehead atoms. The van der Waals surface area contributed by atoms with Crippen LogP contribution in [0.4, 0.5) is 18.9 Å². The number of halogens is 4. The smallest absolute Gasteiger partial charge is 0.272 e. The second-order valence-electron chi connectivity index (χ2n) is 4.78. The summed E-state index contributed by atoms with van der Waals surface area (Å²) in [6.45, 7) is 0.939. The topological polar surface area (TPSA) is 38.3 Å². The van der Waals surface area contributed by atoms with E-state index in [0.717, 1.165) is 11.6 Å². The van der Waals surface area contributed by atoms with Crippen LogP contribution in [0, 0.1) is 12.7 Å². The molecule has 0 saturated carbocycles. The van der Waals surface area contributed by atoms with Crippen molar-refractivity contribution in [2.75, 3.05) is 11.9 Å². The number of hydrogen-bond donors (Lipinski definition) is 1. The molecule has 122 valence electrons. The van der Waals surface area contributed by atoms with Gasteiger partial charge in [-0.1, -0.05) is 23.2 Å². The Morgan fingerprint density at radius 1 is 1.26 bits per heavy atom. The van der Waals surface area contributed by atoms with Crippen LogP contribution < -0.4 is 10.1 Å². The largest absolute Gasteiger partial charge is 0.487 e. The number of anilines is 1. The predicted octanol–water partition coefficient (Wildman–Crippen LogP) is 4.68. The lowest BCUT2D eigenvalue weighted by Gasteiger charge is -2.12. The van der Waals surface area contributed by atoms with Gasteiger partial charge in [-0.15, -0.1) is 0 Å². The summed E-state index contributed by atoms with van der Waals surface area (Å²) >= 11 is 5.65. The zero-order chi connectivity index (χ0) is 17.0. The van der Waals surface area contributed by atoms with Crippen LogP contribution in [0.25, 0.3) is 0 Å². The van der Waals surface area contributed by atoms with E-state index >= 15 is 0 Å². The molecule has 2 rings (SSSR count). The van der Waals surface area contributed by atoms with Gasteiger partial charge in [0, 0.05) is 5.69 Å². The summed E-state index contributed by atoms with van der Waals surface area (Å²) in [6, 6.07) is 8.32. The highest BCUT2D eigenvalue weighted by Gasteiger charge is 2.15. The average Bonchev–Trinajstić information content (AvgIpc) is 2.49. The van der Waals surface area contributed by atoms with E-state index in [0.29, 0.717) is 0 Å². The number of benzene rings is 2. The molecule has 0 aliphatic carbocycles. The van der Waals surface area contributed by atoms with Crippen LogP contribution in [-0.2, 0) is 0 Å². The molecule has 0 aromatic heterocycles. The van der Waals surface area contributed by atoms with E-state index in [2.05, 4.69) is 5.32 Å².